The van der Waals surface area contributed by atoms with Crippen LogP contribution in [-0.4, -0.2) is 31.3 Å². The van der Waals surface area contributed by atoms with E-state index in [1.807, 2.05) is 24.3 Å². The molecule has 1 amide bonds. The standard InChI is InChI=1S/C20H24N2O5/c1-26-19-7-4-6-17(15-19)12-13-21-20(23)27-14-3-2-5-16-8-10-18(11-9-16)22(24)25/h4,6-11,15H,2-3,5,12-14H2,1H3,(H,21,23). The zero-order valence-electron chi connectivity index (χ0n) is 15.3. The van der Waals surface area contributed by atoms with Gasteiger partial charge in [0.25, 0.3) is 5.69 Å². The van der Waals surface area contributed by atoms with Crippen molar-refractivity contribution in [1.82, 2.24) is 5.32 Å². The largest absolute Gasteiger partial charge is 0.497 e. The second-order valence-corrected chi connectivity index (χ2v) is 6.04. The summed E-state index contributed by atoms with van der Waals surface area (Å²) in [6.07, 6.45) is 2.65. The number of nitro benzene ring substituents is 1. The molecule has 0 aliphatic heterocycles. The first-order chi connectivity index (χ1) is 13.1. The van der Waals surface area contributed by atoms with E-state index in [-0.39, 0.29) is 5.69 Å². The van der Waals surface area contributed by atoms with Crippen LogP contribution in [0.5, 0.6) is 5.75 Å². The number of nitrogens with one attached hydrogen (secondary N) is 1. The minimum Gasteiger partial charge on any atom is -0.497 e. The molecule has 7 heteroatoms. The lowest BCUT2D eigenvalue weighted by molar-refractivity contribution is -0.384. The monoisotopic (exact) mass is 372 g/mol. The van der Waals surface area contributed by atoms with Crippen molar-refractivity contribution in [3.05, 3.63) is 69.8 Å². The van der Waals surface area contributed by atoms with Crippen LogP contribution in [0, 0.1) is 10.1 Å². The molecule has 144 valence electrons. The first kappa shape index (κ1) is 20.2. The summed E-state index contributed by atoms with van der Waals surface area (Å²) in [4.78, 5) is 21.9. The molecule has 7 nitrogen and oxygen atoms in total. The smallest absolute Gasteiger partial charge is 0.407 e. The van der Waals surface area contributed by atoms with Crippen LogP contribution >= 0.6 is 0 Å². The molecule has 0 fully saturated rings. The number of non-ortho nitro benzene ring substituents is 1. The number of aryl methyl sites for hydroxylation is 1. The van der Waals surface area contributed by atoms with Crippen LogP contribution in [0.15, 0.2) is 48.5 Å². The van der Waals surface area contributed by atoms with Crippen LogP contribution in [0.25, 0.3) is 0 Å². The molecule has 0 atom stereocenters. The lowest BCUT2D eigenvalue weighted by atomic mass is 10.1. The fraction of sp³-hybridized carbons (Fsp3) is 0.350. The van der Waals surface area contributed by atoms with Crippen LogP contribution in [0.4, 0.5) is 10.5 Å². The molecule has 0 bridgehead atoms. The summed E-state index contributed by atoms with van der Waals surface area (Å²) < 4.78 is 10.3. The summed E-state index contributed by atoms with van der Waals surface area (Å²) in [6.45, 7) is 0.840. The Bertz CT molecular complexity index is 746. The molecule has 0 aliphatic rings. The molecule has 2 rings (SSSR count). The van der Waals surface area contributed by atoms with Crippen LogP contribution < -0.4 is 10.1 Å². The average Bonchev–Trinajstić information content (AvgIpc) is 2.68. The zero-order chi connectivity index (χ0) is 19.5. The topological polar surface area (TPSA) is 90.7 Å². The molecular weight excluding hydrogens is 348 g/mol. The van der Waals surface area contributed by atoms with E-state index in [0.717, 1.165) is 36.1 Å². The Kier molecular flexibility index (Phi) is 8.09. The Hall–Kier alpha value is -3.09. The van der Waals surface area contributed by atoms with Gasteiger partial charge in [0, 0.05) is 18.7 Å². The van der Waals surface area contributed by atoms with E-state index >= 15 is 0 Å². The molecule has 0 radical (unpaired) electrons. The third kappa shape index (κ3) is 7.35. The number of hydrogen-bond donors (Lipinski definition) is 1. The van der Waals surface area contributed by atoms with E-state index in [0.29, 0.717) is 19.6 Å². The summed E-state index contributed by atoms with van der Waals surface area (Å²) >= 11 is 0. The van der Waals surface area contributed by atoms with Crippen molar-refractivity contribution in [2.24, 2.45) is 0 Å². The lowest BCUT2D eigenvalue weighted by Gasteiger charge is -2.08. The van der Waals surface area contributed by atoms with Crippen LogP contribution in [-0.2, 0) is 17.6 Å². The van der Waals surface area contributed by atoms with Gasteiger partial charge in [0.2, 0.25) is 0 Å². The summed E-state index contributed by atoms with van der Waals surface area (Å²) in [7, 11) is 1.62. The van der Waals surface area contributed by atoms with Crippen molar-refractivity contribution in [1.29, 1.82) is 0 Å². The van der Waals surface area contributed by atoms with Crippen molar-refractivity contribution in [2.45, 2.75) is 25.7 Å². The molecule has 1 N–H and O–H groups in total. The number of carbonyl (C=O) groups is 1. The van der Waals surface area contributed by atoms with Crippen LogP contribution in [0.3, 0.4) is 0 Å². The molecule has 0 saturated heterocycles. The predicted octanol–water partition coefficient (Wildman–Crippen LogP) is 3.90. The number of amides is 1. The summed E-state index contributed by atoms with van der Waals surface area (Å²) in [5.74, 6) is 0.795. The molecule has 0 spiro atoms. The number of nitrogens with zero attached hydrogens (tertiary/aromatic N) is 1. The third-order valence-electron chi connectivity index (χ3n) is 4.06. The molecule has 0 heterocycles. The van der Waals surface area contributed by atoms with Gasteiger partial charge in [-0.1, -0.05) is 24.3 Å². The number of rotatable bonds is 10. The number of nitro groups is 1. The Morgan fingerprint density at radius 3 is 2.56 bits per heavy atom. The lowest BCUT2D eigenvalue weighted by Crippen LogP contribution is -2.26. The normalized spacial score (nSPS) is 10.3. The van der Waals surface area contributed by atoms with E-state index in [1.165, 1.54) is 12.1 Å². The average molecular weight is 372 g/mol. The van der Waals surface area contributed by atoms with Crippen molar-refractivity contribution >= 4 is 11.8 Å². The number of alkyl carbamates (subject to hydrolysis) is 1. The molecule has 0 aliphatic carbocycles. The molecule has 0 unspecified atom stereocenters. The highest BCUT2D eigenvalue weighted by molar-refractivity contribution is 5.67. The molecular formula is C20H24N2O5. The van der Waals surface area contributed by atoms with Gasteiger partial charge >= 0.3 is 6.09 Å². The minimum atomic E-state index is -0.423. The van der Waals surface area contributed by atoms with Crippen molar-refractivity contribution in [2.75, 3.05) is 20.3 Å². The SMILES string of the molecule is COc1cccc(CCNC(=O)OCCCCc2ccc([N+](=O)[O-])cc2)c1. The third-order valence-corrected chi connectivity index (χ3v) is 4.06. The quantitative estimate of drug-likeness (QED) is 0.388. The predicted molar refractivity (Wildman–Crippen MR) is 102 cm³/mol. The van der Waals surface area contributed by atoms with Crippen molar-refractivity contribution < 1.29 is 19.2 Å². The van der Waals surface area contributed by atoms with Gasteiger partial charge in [0.05, 0.1) is 18.6 Å². The minimum absolute atomic E-state index is 0.0905. The number of ether oxygens (including phenoxy) is 2. The number of benzene rings is 2. The van der Waals surface area contributed by atoms with Gasteiger partial charge in [-0.25, -0.2) is 4.79 Å². The Balaban J connectivity index is 1.56. The molecule has 0 saturated carbocycles. The summed E-state index contributed by atoms with van der Waals surface area (Å²) in [6, 6.07) is 14.2. The van der Waals surface area contributed by atoms with Crippen LogP contribution in [0.1, 0.15) is 24.0 Å². The van der Waals surface area contributed by atoms with E-state index < -0.39 is 11.0 Å². The van der Waals surface area contributed by atoms with Crippen molar-refractivity contribution in [3.63, 3.8) is 0 Å². The number of unbranched alkanes of at least 4 members (excludes halogenated alkanes) is 1. The Labute approximate surface area is 158 Å². The van der Waals surface area contributed by atoms with Gasteiger partial charge in [-0.05, 0) is 48.9 Å². The fourth-order valence-electron chi connectivity index (χ4n) is 2.57. The summed E-state index contributed by atoms with van der Waals surface area (Å²) in [5, 5.41) is 13.3. The van der Waals surface area contributed by atoms with Gasteiger partial charge in [-0.3, -0.25) is 10.1 Å². The maximum absolute atomic E-state index is 11.7. The number of methoxy groups -OCH3 is 1. The molecule has 2 aromatic rings. The van der Waals surface area contributed by atoms with E-state index in [1.54, 1.807) is 19.2 Å². The van der Waals surface area contributed by atoms with Gasteiger partial charge in [0.15, 0.2) is 0 Å². The van der Waals surface area contributed by atoms with Crippen molar-refractivity contribution in [3.8, 4) is 5.75 Å². The molecule has 2 aromatic carbocycles. The Morgan fingerprint density at radius 2 is 1.85 bits per heavy atom. The van der Waals surface area contributed by atoms with Gasteiger partial charge in [-0.2, -0.15) is 0 Å². The first-order valence-electron chi connectivity index (χ1n) is 8.85. The van der Waals surface area contributed by atoms with Gasteiger partial charge in [0.1, 0.15) is 5.75 Å². The van der Waals surface area contributed by atoms with E-state index in [9.17, 15) is 14.9 Å². The Morgan fingerprint density at radius 1 is 1.07 bits per heavy atom. The second kappa shape index (κ2) is 10.8. The molecule has 0 aromatic heterocycles. The fourth-order valence-corrected chi connectivity index (χ4v) is 2.57. The number of carbonyl (C=O) groups excluding carboxylic acids is 1. The molecule has 27 heavy (non-hydrogen) atoms. The van der Waals surface area contributed by atoms with Gasteiger partial charge < -0.3 is 14.8 Å². The highest BCUT2D eigenvalue weighted by Crippen LogP contribution is 2.14. The highest BCUT2D eigenvalue weighted by atomic mass is 16.6. The first-order valence-corrected chi connectivity index (χ1v) is 8.85. The number of hydrogen-bond acceptors (Lipinski definition) is 5. The van der Waals surface area contributed by atoms with E-state index in [2.05, 4.69) is 5.32 Å². The second-order valence-electron chi connectivity index (χ2n) is 6.04. The zero-order valence-corrected chi connectivity index (χ0v) is 15.3. The highest BCUT2D eigenvalue weighted by Gasteiger charge is 2.05. The van der Waals surface area contributed by atoms with Crippen LogP contribution in [0.2, 0.25) is 0 Å². The maximum Gasteiger partial charge on any atom is 0.407 e. The maximum atomic E-state index is 11.7. The van der Waals surface area contributed by atoms with Gasteiger partial charge in [-0.15, -0.1) is 0 Å². The summed E-state index contributed by atoms with van der Waals surface area (Å²) in [5.41, 5.74) is 2.20. The van der Waals surface area contributed by atoms with E-state index in [4.69, 9.17) is 9.47 Å².